The second-order valence-electron chi connectivity index (χ2n) is 3.46. The second-order valence-corrected chi connectivity index (χ2v) is 4.32. The lowest BCUT2D eigenvalue weighted by Crippen LogP contribution is -2.10. The van der Waals surface area contributed by atoms with Crippen LogP contribution < -0.4 is 5.32 Å². The Morgan fingerprint density at radius 3 is 2.94 bits per heavy atom. The van der Waals surface area contributed by atoms with E-state index in [1.165, 1.54) is 17.4 Å². The van der Waals surface area contributed by atoms with Crippen LogP contribution in [0.3, 0.4) is 0 Å². The molecule has 0 aliphatic rings. The molecule has 1 aromatic heterocycles. The third kappa shape index (κ3) is 2.28. The maximum absolute atomic E-state index is 13.6. The van der Waals surface area contributed by atoms with Crippen molar-refractivity contribution in [3.05, 3.63) is 41.3 Å². The summed E-state index contributed by atoms with van der Waals surface area (Å²) in [5.74, 6) is -0.183. The Kier molecular flexibility index (Phi) is 3.64. The fourth-order valence-electron chi connectivity index (χ4n) is 1.56. The molecule has 2 rings (SSSR count). The van der Waals surface area contributed by atoms with Gasteiger partial charge in [-0.1, -0.05) is 18.2 Å². The van der Waals surface area contributed by atoms with Crippen LogP contribution in [0.4, 0.5) is 4.39 Å². The molecule has 0 aliphatic heterocycles. The lowest BCUT2D eigenvalue weighted by Gasteiger charge is -2.03. The number of aromatic nitrogens is 1. The van der Waals surface area contributed by atoms with Gasteiger partial charge in [-0.3, -0.25) is 0 Å². The van der Waals surface area contributed by atoms with E-state index in [-0.39, 0.29) is 5.82 Å². The molecule has 0 spiro atoms. The molecular weight excluding hydrogens is 223 g/mol. The van der Waals surface area contributed by atoms with Crippen molar-refractivity contribution in [1.29, 1.82) is 0 Å². The van der Waals surface area contributed by atoms with Crippen LogP contribution >= 0.6 is 11.3 Å². The van der Waals surface area contributed by atoms with Crippen LogP contribution in [0.1, 0.15) is 5.69 Å². The molecule has 1 heterocycles. The summed E-state index contributed by atoms with van der Waals surface area (Å²) in [6.45, 7) is 0.852. The van der Waals surface area contributed by atoms with Gasteiger partial charge in [0.05, 0.1) is 16.1 Å². The van der Waals surface area contributed by atoms with Crippen molar-refractivity contribution >= 4 is 11.3 Å². The van der Waals surface area contributed by atoms with E-state index in [1.807, 2.05) is 13.1 Å². The number of hydrogen-bond acceptors (Lipinski definition) is 3. The SMILES string of the molecule is CNCCc1ncsc1-c1ccccc1F. The first kappa shape index (κ1) is 11.2. The Balaban J connectivity index is 2.33. The molecule has 84 valence electrons. The van der Waals surface area contributed by atoms with Gasteiger partial charge >= 0.3 is 0 Å². The zero-order chi connectivity index (χ0) is 11.4. The minimum Gasteiger partial charge on any atom is -0.319 e. The number of thiazole rings is 1. The van der Waals surface area contributed by atoms with Crippen molar-refractivity contribution in [3.63, 3.8) is 0 Å². The Hall–Kier alpha value is -1.26. The van der Waals surface area contributed by atoms with Crippen molar-refractivity contribution in [2.75, 3.05) is 13.6 Å². The van der Waals surface area contributed by atoms with E-state index in [9.17, 15) is 4.39 Å². The molecule has 0 saturated heterocycles. The van der Waals surface area contributed by atoms with E-state index in [4.69, 9.17) is 0 Å². The van der Waals surface area contributed by atoms with Gasteiger partial charge in [0, 0.05) is 18.5 Å². The van der Waals surface area contributed by atoms with Gasteiger partial charge in [-0.25, -0.2) is 9.37 Å². The smallest absolute Gasteiger partial charge is 0.131 e. The summed E-state index contributed by atoms with van der Waals surface area (Å²) in [6, 6.07) is 6.83. The highest BCUT2D eigenvalue weighted by Crippen LogP contribution is 2.29. The van der Waals surface area contributed by atoms with Crippen LogP contribution in [-0.2, 0) is 6.42 Å². The predicted molar refractivity (Wildman–Crippen MR) is 65.1 cm³/mol. The quantitative estimate of drug-likeness (QED) is 0.883. The predicted octanol–water partition coefficient (Wildman–Crippen LogP) is 2.71. The minimum absolute atomic E-state index is 0.183. The monoisotopic (exact) mass is 236 g/mol. The summed E-state index contributed by atoms with van der Waals surface area (Å²) in [6.07, 6.45) is 0.823. The minimum atomic E-state index is -0.183. The maximum atomic E-state index is 13.6. The van der Waals surface area contributed by atoms with Gasteiger partial charge < -0.3 is 5.32 Å². The van der Waals surface area contributed by atoms with Crippen molar-refractivity contribution in [3.8, 4) is 10.4 Å². The molecule has 0 atom stereocenters. The standard InChI is InChI=1S/C12H13FN2S/c1-14-7-6-11-12(16-8-15-11)9-4-2-3-5-10(9)13/h2-5,8,14H,6-7H2,1H3. The lowest BCUT2D eigenvalue weighted by atomic mass is 10.1. The number of hydrogen-bond donors (Lipinski definition) is 1. The summed E-state index contributed by atoms with van der Waals surface area (Å²) in [7, 11) is 1.90. The van der Waals surface area contributed by atoms with E-state index >= 15 is 0 Å². The largest absolute Gasteiger partial charge is 0.319 e. The summed E-state index contributed by atoms with van der Waals surface area (Å²) < 4.78 is 13.6. The Morgan fingerprint density at radius 2 is 2.19 bits per heavy atom. The fourth-order valence-corrected chi connectivity index (χ4v) is 2.42. The molecule has 2 nitrogen and oxygen atoms in total. The molecule has 0 unspecified atom stereocenters. The molecular formula is C12H13FN2S. The zero-order valence-corrected chi connectivity index (χ0v) is 9.85. The Morgan fingerprint density at radius 1 is 1.38 bits per heavy atom. The van der Waals surface area contributed by atoms with Gasteiger partial charge in [-0.15, -0.1) is 11.3 Å². The maximum Gasteiger partial charge on any atom is 0.131 e. The van der Waals surface area contributed by atoms with E-state index in [1.54, 1.807) is 17.6 Å². The molecule has 1 N–H and O–H groups in total. The third-order valence-corrected chi connectivity index (χ3v) is 3.27. The van der Waals surface area contributed by atoms with Crippen LogP contribution in [0.15, 0.2) is 29.8 Å². The molecule has 0 aliphatic carbocycles. The van der Waals surface area contributed by atoms with Crippen LogP contribution in [-0.4, -0.2) is 18.6 Å². The number of rotatable bonds is 4. The topological polar surface area (TPSA) is 24.9 Å². The number of nitrogens with zero attached hydrogens (tertiary/aromatic N) is 1. The van der Waals surface area contributed by atoms with Crippen LogP contribution in [0.25, 0.3) is 10.4 Å². The van der Waals surface area contributed by atoms with Gasteiger partial charge in [0.1, 0.15) is 5.82 Å². The number of likely N-dealkylation sites (N-methyl/N-ethyl adjacent to an activating group) is 1. The molecule has 0 bridgehead atoms. The van der Waals surface area contributed by atoms with Gasteiger partial charge in [0.25, 0.3) is 0 Å². The third-order valence-electron chi connectivity index (χ3n) is 2.37. The van der Waals surface area contributed by atoms with E-state index in [0.717, 1.165) is 23.5 Å². The first-order valence-electron chi connectivity index (χ1n) is 5.15. The Bertz CT molecular complexity index is 468. The van der Waals surface area contributed by atoms with Crippen molar-refractivity contribution in [2.45, 2.75) is 6.42 Å². The molecule has 1 aromatic carbocycles. The van der Waals surface area contributed by atoms with Crippen molar-refractivity contribution in [1.82, 2.24) is 10.3 Å². The normalized spacial score (nSPS) is 10.6. The van der Waals surface area contributed by atoms with E-state index in [2.05, 4.69) is 10.3 Å². The summed E-state index contributed by atoms with van der Waals surface area (Å²) in [5, 5.41) is 3.07. The summed E-state index contributed by atoms with van der Waals surface area (Å²) in [5.41, 5.74) is 3.38. The van der Waals surface area contributed by atoms with Gasteiger partial charge in [-0.2, -0.15) is 0 Å². The van der Waals surface area contributed by atoms with Gasteiger partial charge in [-0.05, 0) is 13.1 Å². The van der Waals surface area contributed by atoms with E-state index < -0.39 is 0 Å². The van der Waals surface area contributed by atoms with Gasteiger partial charge in [0.2, 0.25) is 0 Å². The van der Waals surface area contributed by atoms with E-state index in [0.29, 0.717) is 5.56 Å². The number of halogens is 1. The van der Waals surface area contributed by atoms with Crippen LogP contribution in [0, 0.1) is 5.82 Å². The Labute approximate surface area is 98.2 Å². The highest BCUT2D eigenvalue weighted by molar-refractivity contribution is 7.13. The summed E-state index contributed by atoms with van der Waals surface area (Å²) in [4.78, 5) is 5.22. The summed E-state index contributed by atoms with van der Waals surface area (Å²) >= 11 is 1.49. The van der Waals surface area contributed by atoms with Crippen LogP contribution in [0.5, 0.6) is 0 Å². The lowest BCUT2D eigenvalue weighted by molar-refractivity contribution is 0.631. The van der Waals surface area contributed by atoms with Gasteiger partial charge in [0.15, 0.2) is 0 Å². The van der Waals surface area contributed by atoms with Crippen molar-refractivity contribution < 1.29 is 4.39 Å². The first-order chi connectivity index (χ1) is 7.83. The zero-order valence-electron chi connectivity index (χ0n) is 9.03. The first-order valence-corrected chi connectivity index (χ1v) is 6.02. The molecule has 4 heteroatoms. The molecule has 0 amide bonds. The average Bonchev–Trinajstić information content (AvgIpc) is 2.75. The van der Waals surface area contributed by atoms with Crippen LogP contribution in [0.2, 0.25) is 0 Å². The molecule has 0 radical (unpaired) electrons. The van der Waals surface area contributed by atoms with Crippen molar-refractivity contribution in [2.24, 2.45) is 0 Å². The highest BCUT2D eigenvalue weighted by Gasteiger charge is 2.11. The molecule has 0 fully saturated rings. The molecule has 2 aromatic rings. The molecule has 0 saturated carbocycles. The fraction of sp³-hybridized carbons (Fsp3) is 0.250. The number of nitrogens with one attached hydrogen (secondary N) is 1. The average molecular weight is 236 g/mol. The number of benzene rings is 1. The molecule has 16 heavy (non-hydrogen) atoms. The highest BCUT2D eigenvalue weighted by atomic mass is 32.1. The second kappa shape index (κ2) is 5.18.